The molecule has 1 unspecified atom stereocenters. The van der Waals surface area contributed by atoms with E-state index in [1.807, 2.05) is 105 Å². The van der Waals surface area contributed by atoms with Crippen LogP contribution in [-0.4, -0.2) is 156 Å². The highest BCUT2D eigenvalue weighted by Gasteiger charge is 2.45. The standard InChI is InChI=1S/C51H65ClN10O7S2/c1-28-31(4)71-50-43(28)44(34-13-15-36(52)16-14-34)55-39(47-58-57-32(5)62(47)50)22-42(66)60-19-17-59(18-20-60)23-38(64)25-69-26-41(65)56-46(51(6,7)8)49(68)61-24-37(63)21-40(61)48(67)54-29(2)33-9-11-35(12-10-33)45-30(3)53-27-70-45/h9-16,27,29,37-41,46,56,63-65H,17-26H2,1-8H3,(H,54,67)/t29-,37+,38+,39-,40-,41?,46+/m0/s1. The second kappa shape index (κ2) is 22.0. The summed E-state index contributed by atoms with van der Waals surface area (Å²) in [7, 11) is 0. The Kier molecular flexibility index (Phi) is 16.2. The summed E-state index contributed by atoms with van der Waals surface area (Å²) in [5, 5.41) is 49.4. The zero-order chi connectivity index (χ0) is 50.9. The average molecular weight is 1030 g/mol. The number of fused-ring (bicyclic) bond motifs is 3. The molecule has 71 heavy (non-hydrogen) atoms. The lowest BCUT2D eigenvalue weighted by Gasteiger charge is -2.37. The maximum Gasteiger partial charge on any atom is 0.243 e. The topological polar surface area (TPSA) is 211 Å². The molecule has 0 radical (unpaired) electrons. The molecule has 0 aliphatic carbocycles. The number of thiazole rings is 1. The molecule has 3 aromatic heterocycles. The fraction of sp³-hybridized carbons (Fsp3) is 0.510. The number of hydrogen-bond donors (Lipinski definition) is 5. The van der Waals surface area contributed by atoms with Gasteiger partial charge in [-0.2, -0.15) is 0 Å². The molecule has 7 atom stereocenters. The number of aliphatic imine (C=N–C) groups is 1. The number of aromatic nitrogens is 4. The average Bonchev–Trinajstić information content (AvgIpc) is 4.10. The van der Waals surface area contributed by atoms with Crippen LogP contribution in [-0.2, 0) is 19.1 Å². The Morgan fingerprint density at radius 2 is 1.63 bits per heavy atom. The highest BCUT2D eigenvalue weighted by Crippen LogP contribution is 2.40. The first-order valence-corrected chi connectivity index (χ1v) is 26.2. The van der Waals surface area contributed by atoms with Gasteiger partial charge < -0.3 is 35.2 Å². The highest BCUT2D eigenvalue weighted by atomic mass is 35.5. The number of benzene rings is 2. The van der Waals surface area contributed by atoms with E-state index in [-0.39, 0.29) is 50.5 Å². The van der Waals surface area contributed by atoms with Gasteiger partial charge >= 0.3 is 0 Å². The number of rotatable bonds is 16. The number of nitrogens with zero attached hydrogens (tertiary/aromatic N) is 8. The van der Waals surface area contributed by atoms with Crippen molar-refractivity contribution < 1.29 is 34.4 Å². The summed E-state index contributed by atoms with van der Waals surface area (Å²) in [5.74, 6) is 0.498. The van der Waals surface area contributed by atoms with E-state index in [1.54, 1.807) is 22.7 Å². The van der Waals surface area contributed by atoms with E-state index in [1.165, 1.54) is 9.78 Å². The van der Waals surface area contributed by atoms with E-state index in [4.69, 9.17) is 21.3 Å². The van der Waals surface area contributed by atoms with Crippen molar-refractivity contribution in [3.05, 3.63) is 104 Å². The van der Waals surface area contributed by atoms with Gasteiger partial charge in [-0.15, -0.1) is 32.9 Å². The van der Waals surface area contributed by atoms with Gasteiger partial charge in [0.05, 0.1) is 65.7 Å². The molecule has 8 rings (SSSR count). The largest absolute Gasteiger partial charge is 0.391 e. The van der Waals surface area contributed by atoms with Gasteiger partial charge in [0.15, 0.2) is 5.82 Å². The first kappa shape index (κ1) is 52.4. The van der Waals surface area contributed by atoms with Crippen molar-refractivity contribution in [2.24, 2.45) is 10.4 Å². The summed E-state index contributed by atoms with van der Waals surface area (Å²) >= 11 is 9.51. The Morgan fingerprint density at radius 1 is 0.944 bits per heavy atom. The van der Waals surface area contributed by atoms with Gasteiger partial charge in [0.1, 0.15) is 29.1 Å². The molecular weight excluding hydrogens is 964 g/mol. The first-order valence-electron chi connectivity index (χ1n) is 24.1. The van der Waals surface area contributed by atoms with Crippen LogP contribution in [0.2, 0.25) is 5.02 Å². The zero-order valence-electron chi connectivity index (χ0n) is 41.6. The molecular formula is C51H65ClN10O7S2. The molecule has 3 aliphatic rings. The van der Waals surface area contributed by atoms with Crippen molar-refractivity contribution in [2.45, 2.75) is 111 Å². The van der Waals surface area contributed by atoms with Gasteiger partial charge in [-0.1, -0.05) is 68.8 Å². The fourth-order valence-corrected chi connectivity index (χ4v) is 11.7. The number of aliphatic hydroxyl groups excluding tert-OH is 3. The van der Waals surface area contributed by atoms with Crippen LogP contribution in [0.1, 0.15) is 97.1 Å². The minimum Gasteiger partial charge on any atom is -0.391 e. The van der Waals surface area contributed by atoms with E-state index in [0.29, 0.717) is 43.6 Å². The summed E-state index contributed by atoms with van der Waals surface area (Å²) in [6.07, 6.45) is -2.86. The van der Waals surface area contributed by atoms with Crippen LogP contribution in [0.4, 0.5) is 0 Å². The van der Waals surface area contributed by atoms with Crippen LogP contribution >= 0.6 is 34.3 Å². The number of aliphatic hydroxyl groups is 3. The number of amides is 3. The maximum atomic E-state index is 14.2. The molecule has 2 saturated heterocycles. The van der Waals surface area contributed by atoms with Crippen LogP contribution in [0.25, 0.3) is 15.4 Å². The van der Waals surface area contributed by atoms with E-state index < -0.39 is 47.9 Å². The van der Waals surface area contributed by atoms with Crippen LogP contribution in [0.3, 0.4) is 0 Å². The number of halogens is 1. The summed E-state index contributed by atoms with van der Waals surface area (Å²) in [4.78, 5) is 59.1. The Bertz CT molecular complexity index is 2730. The molecule has 5 N–H and O–H groups in total. The van der Waals surface area contributed by atoms with Gasteiger partial charge in [-0.05, 0) is 68.9 Å². The molecule has 0 saturated carbocycles. The Hall–Kier alpha value is -4.96. The van der Waals surface area contributed by atoms with Crippen molar-refractivity contribution in [1.82, 2.24) is 45.1 Å². The number of carbonyl (C=O) groups is 3. The summed E-state index contributed by atoms with van der Waals surface area (Å²) in [5.41, 5.74) is 7.82. The lowest BCUT2D eigenvalue weighted by molar-refractivity contribution is -0.144. The first-order chi connectivity index (χ1) is 33.8. The third kappa shape index (κ3) is 11.8. The monoisotopic (exact) mass is 1030 g/mol. The molecule has 20 heteroatoms. The Labute approximate surface area is 427 Å². The lowest BCUT2D eigenvalue weighted by Crippen LogP contribution is -2.59. The fourth-order valence-electron chi connectivity index (χ4n) is 9.57. The normalized spacial score (nSPS) is 20.2. The Morgan fingerprint density at radius 3 is 2.30 bits per heavy atom. The number of piperazine rings is 1. The van der Waals surface area contributed by atoms with Crippen LogP contribution in [0.15, 0.2) is 59.0 Å². The van der Waals surface area contributed by atoms with Crippen LogP contribution in [0, 0.1) is 33.1 Å². The summed E-state index contributed by atoms with van der Waals surface area (Å²) in [6, 6.07) is 12.7. The van der Waals surface area contributed by atoms with E-state index >= 15 is 0 Å². The van der Waals surface area contributed by atoms with Crippen LogP contribution < -0.4 is 10.6 Å². The van der Waals surface area contributed by atoms with Crippen molar-refractivity contribution >= 4 is 57.7 Å². The Balaban J connectivity index is 0.810. The SMILES string of the molecule is Cc1ncsc1-c1ccc([C@H](C)NC(=O)[C@@H]2C[C@@H](O)CN2C(=O)[C@@H](NC(O)COC[C@H](O)CN2CCN(C(=O)C[C@@H]3N=C(c4ccc(Cl)cc4)c4c(sc(C)c4C)-n4c(C)nnc43)CC2)C(C)(C)C)cc1. The number of carbonyl (C=O) groups excluding carboxylic acids is 3. The second-order valence-electron chi connectivity index (χ2n) is 20.0. The van der Waals surface area contributed by atoms with Gasteiger partial charge in [-0.3, -0.25) is 34.2 Å². The highest BCUT2D eigenvalue weighted by molar-refractivity contribution is 7.15. The number of likely N-dealkylation sites (tertiary alicyclic amines) is 1. The lowest BCUT2D eigenvalue weighted by atomic mass is 9.85. The van der Waals surface area contributed by atoms with E-state index in [9.17, 15) is 29.7 Å². The minimum atomic E-state index is -1.28. The number of β-amino-alcohol motifs (C(OH)–C–C–N with tert-alkyl or cyclic N) is 2. The third-order valence-corrected chi connectivity index (χ3v) is 16.0. The van der Waals surface area contributed by atoms with Crippen molar-refractivity contribution in [3.63, 3.8) is 0 Å². The summed E-state index contributed by atoms with van der Waals surface area (Å²) < 4.78 is 7.80. The number of ether oxygens (including phenoxy) is 1. The van der Waals surface area contributed by atoms with Gasteiger partial charge in [-0.25, -0.2) is 4.98 Å². The second-order valence-corrected chi connectivity index (χ2v) is 22.5. The number of aryl methyl sites for hydroxylation is 3. The van der Waals surface area contributed by atoms with E-state index in [0.717, 1.165) is 54.9 Å². The van der Waals surface area contributed by atoms with Crippen molar-refractivity contribution in [3.8, 4) is 15.4 Å². The number of thiophene rings is 1. The molecule has 2 aromatic carbocycles. The van der Waals surface area contributed by atoms with Crippen molar-refractivity contribution in [2.75, 3.05) is 52.5 Å². The van der Waals surface area contributed by atoms with Gasteiger partial charge in [0.25, 0.3) is 0 Å². The molecule has 6 heterocycles. The van der Waals surface area contributed by atoms with Gasteiger partial charge in [0, 0.05) is 66.7 Å². The van der Waals surface area contributed by atoms with Crippen molar-refractivity contribution in [1.29, 1.82) is 0 Å². The predicted molar refractivity (Wildman–Crippen MR) is 275 cm³/mol. The molecule has 17 nitrogen and oxygen atoms in total. The number of nitrogens with one attached hydrogen (secondary N) is 2. The molecule has 3 amide bonds. The quantitative estimate of drug-likeness (QED) is 0.0798. The summed E-state index contributed by atoms with van der Waals surface area (Å²) in [6.45, 7) is 17.5. The molecule has 5 aromatic rings. The predicted octanol–water partition coefficient (Wildman–Crippen LogP) is 5.31. The maximum absolute atomic E-state index is 14.2. The number of hydrogen-bond acceptors (Lipinski definition) is 15. The molecule has 2 fully saturated rings. The zero-order valence-corrected chi connectivity index (χ0v) is 43.9. The minimum absolute atomic E-state index is 0.0234. The third-order valence-electron chi connectivity index (χ3n) is 13.6. The smallest absolute Gasteiger partial charge is 0.243 e. The molecule has 0 bridgehead atoms. The van der Waals surface area contributed by atoms with E-state index in [2.05, 4.69) is 44.6 Å². The molecule has 0 spiro atoms. The van der Waals surface area contributed by atoms with Gasteiger partial charge in [0.2, 0.25) is 17.7 Å². The molecule has 3 aliphatic heterocycles. The van der Waals surface area contributed by atoms with Crippen LogP contribution in [0.5, 0.6) is 0 Å². The molecule has 380 valence electrons.